The predicted molar refractivity (Wildman–Crippen MR) is 57.7 cm³/mol. The van der Waals surface area contributed by atoms with Crippen molar-refractivity contribution in [1.29, 1.82) is 0 Å². The molecule has 1 aliphatic rings. The molecule has 0 bridgehead atoms. The smallest absolute Gasteiger partial charge is 0.227 e. The van der Waals surface area contributed by atoms with E-state index < -0.39 is 0 Å². The molecule has 1 aromatic rings. The first-order valence-corrected chi connectivity index (χ1v) is 4.80. The molecular weight excluding hydrogens is 176 g/mol. The van der Waals surface area contributed by atoms with Crippen molar-refractivity contribution >= 4 is 17.3 Å². The highest BCUT2D eigenvalue weighted by molar-refractivity contribution is 5.99. The van der Waals surface area contributed by atoms with Crippen molar-refractivity contribution in [3.63, 3.8) is 0 Å². The minimum absolute atomic E-state index is 0.195. The van der Waals surface area contributed by atoms with Gasteiger partial charge >= 0.3 is 0 Å². The van der Waals surface area contributed by atoms with Crippen molar-refractivity contribution in [1.82, 2.24) is 0 Å². The maximum absolute atomic E-state index is 11.5. The van der Waals surface area contributed by atoms with Gasteiger partial charge < -0.3 is 10.2 Å². The molecule has 14 heavy (non-hydrogen) atoms. The van der Waals surface area contributed by atoms with Gasteiger partial charge in [0.1, 0.15) is 0 Å². The van der Waals surface area contributed by atoms with Gasteiger partial charge in [-0.05, 0) is 18.1 Å². The molecule has 0 aliphatic carbocycles. The molecule has 0 radical (unpaired) electrons. The zero-order valence-corrected chi connectivity index (χ0v) is 8.50. The van der Waals surface area contributed by atoms with Crippen molar-refractivity contribution in [2.24, 2.45) is 0 Å². The lowest BCUT2D eigenvalue weighted by molar-refractivity contribution is -0.118. The molecule has 0 spiro atoms. The highest BCUT2D eigenvalue weighted by atomic mass is 16.2. The second-order valence-corrected chi connectivity index (χ2v) is 3.52. The van der Waals surface area contributed by atoms with E-state index in [0.717, 1.165) is 17.8 Å². The molecule has 1 aliphatic heterocycles. The van der Waals surface area contributed by atoms with Gasteiger partial charge in [-0.3, -0.25) is 4.79 Å². The average molecular weight is 190 g/mol. The quantitative estimate of drug-likeness (QED) is 0.730. The molecule has 3 heteroatoms. The summed E-state index contributed by atoms with van der Waals surface area (Å²) in [6, 6.07) is 6.10. The summed E-state index contributed by atoms with van der Waals surface area (Å²) in [5.74, 6) is 0.195. The van der Waals surface area contributed by atoms with Crippen molar-refractivity contribution in [2.45, 2.75) is 12.8 Å². The lowest BCUT2D eigenvalue weighted by atomic mass is 10.0. The van der Waals surface area contributed by atoms with Gasteiger partial charge in [0.05, 0.1) is 11.4 Å². The van der Waals surface area contributed by atoms with Gasteiger partial charge in [-0.2, -0.15) is 0 Å². The van der Waals surface area contributed by atoms with E-state index in [9.17, 15) is 4.79 Å². The van der Waals surface area contributed by atoms with Crippen LogP contribution in [-0.2, 0) is 11.2 Å². The van der Waals surface area contributed by atoms with Crippen LogP contribution in [-0.4, -0.2) is 20.0 Å². The van der Waals surface area contributed by atoms with Gasteiger partial charge in [-0.15, -0.1) is 0 Å². The van der Waals surface area contributed by atoms with Crippen molar-refractivity contribution in [3.05, 3.63) is 23.8 Å². The third-order valence-corrected chi connectivity index (χ3v) is 2.71. The second kappa shape index (κ2) is 3.33. The number of para-hydroxylation sites is 1. The number of benzene rings is 1. The number of rotatable bonds is 1. The van der Waals surface area contributed by atoms with Gasteiger partial charge in [0.25, 0.3) is 0 Å². The fourth-order valence-electron chi connectivity index (χ4n) is 1.92. The van der Waals surface area contributed by atoms with Crippen LogP contribution in [0.5, 0.6) is 0 Å². The summed E-state index contributed by atoms with van der Waals surface area (Å²) in [5.41, 5.74) is 3.31. The molecular formula is C11H14N2O. The largest absolute Gasteiger partial charge is 0.386 e. The van der Waals surface area contributed by atoms with Gasteiger partial charge in [0.15, 0.2) is 0 Å². The molecule has 0 unspecified atom stereocenters. The fourth-order valence-corrected chi connectivity index (χ4v) is 1.92. The lowest BCUT2D eigenvalue weighted by Gasteiger charge is -2.27. The van der Waals surface area contributed by atoms with Gasteiger partial charge in [-0.25, -0.2) is 0 Å². The standard InChI is InChI=1S/C11H14N2O/c1-12-9-5-3-4-8-6-7-10(14)13(2)11(8)9/h3-5,12H,6-7H2,1-2H3. The van der Waals surface area contributed by atoms with Crippen LogP contribution in [0, 0.1) is 0 Å². The minimum Gasteiger partial charge on any atom is -0.386 e. The van der Waals surface area contributed by atoms with E-state index in [2.05, 4.69) is 11.4 Å². The molecule has 0 aromatic heterocycles. The molecule has 0 atom stereocenters. The summed E-state index contributed by atoms with van der Waals surface area (Å²) in [6.07, 6.45) is 1.48. The summed E-state index contributed by atoms with van der Waals surface area (Å²) >= 11 is 0. The van der Waals surface area contributed by atoms with Crippen LogP contribution >= 0.6 is 0 Å². The number of carbonyl (C=O) groups excluding carboxylic acids is 1. The number of nitrogens with one attached hydrogen (secondary N) is 1. The van der Waals surface area contributed by atoms with Crippen LogP contribution in [0.4, 0.5) is 11.4 Å². The Balaban J connectivity index is 2.55. The van der Waals surface area contributed by atoms with E-state index in [-0.39, 0.29) is 5.91 Å². The van der Waals surface area contributed by atoms with Crippen LogP contribution in [0.3, 0.4) is 0 Å². The minimum atomic E-state index is 0.195. The van der Waals surface area contributed by atoms with Gasteiger partial charge in [0, 0.05) is 20.5 Å². The first-order chi connectivity index (χ1) is 6.74. The van der Waals surface area contributed by atoms with Crippen LogP contribution in [0.2, 0.25) is 0 Å². The summed E-state index contributed by atoms with van der Waals surface area (Å²) in [4.78, 5) is 13.3. The molecule has 74 valence electrons. The van der Waals surface area contributed by atoms with Gasteiger partial charge in [0.2, 0.25) is 5.91 Å². The molecule has 1 N–H and O–H groups in total. The normalized spacial score (nSPS) is 15.3. The van der Waals surface area contributed by atoms with Crippen LogP contribution in [0.1, 0.15) is 12.0 Å². The Morgan fingerprint density at radius 3 is 2.86 bits per heavy atom. The summed E-state index contributed by atoms with van der Waals surface area (Å²) < 4.78 is 0. The Labute approximate surface area is 83.7 Å². The molecule has 1 amide bonds. The Morgan fingerprint density at radius 2 is 2.14 bits per heavy atom. The number of amides is 1. The lowest BCUT2D eigenvalue weighted by Crippen LogP contribution is -2.31. The maximum atomic E-state index is 11.5. The number of hydrogen-bond acceptors (Lipinski definition) is 2. The summed E-state index contributed by atoms with van der Waals surface area (Å²) in [7, 11) is 3.71. The fraction of sp³-hybridized carbons (Fsp3) is 0.364. The van der Waals surface area contributed by atoms with Crippen LogP contribution in [0.25, 0.3) is 0 Å². The zero-order valence-electron chi connectivity index (χ0n) is 8.50. The Kier molecular flexibility index (Phi) is 2.15. The molecule has 3 nitrogen and oxygen atoms in total. The topological polar surface area (TPSA) is 32.3 Å². The van der Waals surface area contributed by atoms with E-state index in [4.69, 9.17) is 0 Å². The molecule has 2 rings (SSSR count). The van der Waals surface area contributed by atoms with Crippen molar-refractivity contribution < 1.29 is 4.79 Å². The van der Waals surface area contributed by atoms with Gasteiger partial charge in [-0.1, -0.05) is 12.1 Å². The molecule has 0 fully saturated rings. The second-order valence-electron chi connectivity index (χ2n) is 3.52. The Hall–Kier alpha value is -1.51. The summed E-state index contributed by atoms with van der Waals surface area (Å²) in [6.45, 7) is 0. The zero-order chi connectivity index (χ0) is 10.1. The van der Waals surface area contributed by atoms with Crippen molar-refractivity contribution in [2.75, 3.05) is 24.3 Å². The number of hydrogen-bond donors (Lipinski definition) is 1. The highest BCUT2D eigenvalue weighted by Crippen LogP contribution is 2.33. The van der Waals surface area contributed by atoms with E-state index in [1.807, 2.05) is 26.2 Å². The predicted octanol–water partition coefficient (Wildman–Crippen LogP) is 1.64. The maximum Gasteiger partial charge on any atom is 0.227 e. The Bertz CT molecular complexity index is 359. The third kappa shape index (κ3) is 1.25. The number of fused-ring (bicyclic) bond motifs is 1. The monoisotopic (exact) mass is 190 g/mol. The van der Waals surface area contributed by atoms with E-state index >= 15 is 0 Å². The van der Waals surface area contributed by atoms with Crippen LogP contribution < -0.4 is 10.2 Å². The molecule has 1 aromatic carbocycles. The Morgan fingerprint density at radius 1 is 1.36 bits per heavy atom. The van der Waals surface area contributed by atoms with E-state index in [1.54, 1.807) is 4.90 Å². The van der Waals surface area contributed by atoms with E-state index in [0.29, 0.717) is 6.42 Å². The SMILES string of the molecule is CNc1cccc2c1N(C)C(=O)CC2. The van der Waals surface area contributed by atoms with Crippen LogP contribution in [0.15, 0.2) is 18.2 Å². The highest BCUT2D eigenvalue weighted by Gasteiger charge is 2.22. The average Bonchev–Trinajstić information content (AvgIpc) is 2.23. The summed E-state index contributed by atoms with van der Waals surface area (Å²) in [5, 5.41) is 3.11. The number of anilines is 2. The number of carbonyl (C=O) groups is 1. The first-order valence-electron chi connectivity index (χ1n) is 4.80. The van der Waals surface area contributed by atoms with E-state index in [1.165, 1.54) is 5.56 Å². The molecule has 1 heterocycles. The number of nitrogens with zero attached hydrogens (tertiary/aromatic N) is 1. The first kappa shape index (κ1) is 9.06. The molecule has 0 saturated heterocycles. The van der Waals surface area contributed by atoms with Crippen molar-refractivity contribution in [3.8, 4) is 0 Å². The number of aryl methyl sites for hydroxylation is 1. The molecule has 0 saturated carbocycles. The third-order valence-electron chi connectivity index (χ3n) is 2.71.